The molecule has 9 heteroatoms. The van der Waals surface area contributed by atoms with Gasteiger partial charge in [0.05, 0.1) is 23.4 Å². The van der Waals surface area contributed by atoms with Crippen LogP contribution in [0.3, 0.4) is 0 Å². The zero-order chi connectivity index (χ0) is 28.9. The van der Waals surface area contributed by atoms with Gasteiger partial charge in [-0.05, 0) is 100 Å². The highest BCUT2D eigenvalue weighted by atomic mass is 32.2. The molecule has 1 N–H and O–H groups in total. The topological polar surface area (TPSA) is 93.0 Å². The van der Waals surface area contributed by atoms with Crippen molar-refractivity contribution < 1.29 is 17.9 Å². The van der Waals surface area contributed by atoms with Crippen LogP contribution >= 0.6 is 0 Å². The molecule has 0 fully saturated rings. The number of hydrogen-bond donors (Lipinski definition) is 1. The van der Waals surface area contributed by atoms with Gasteiger partial charge >= 0.3 is 0 Å². The second kappa shape index (κ2) is 12.2. The Kier molecular flexibility index (Phi) is 8.74. The van der Waals surface area contributed by atoms with Crippen LogP contribution in [-0.4, -0.2) is 38.3 Å². The van der Waals surface area contributed by atoms with E-state index in [0.717, 1.165) is 26.9 Å². The number of aromatic nitrogens is 1. The molecule has 0 bridgehead atoms. The molecule has 0 aliphatic heterocycles. The molecule has 0 aliphatic carbocycles. The highest BCUT2D eigenvalue weighted by molar-refractivity contribution is 7.92. The van der Waals surface area contributed by atoms with Crippen LogP contribution in [0.2, 0.25) is 0 Å². The first-order chi connectivity index (χ1) is 19.1. The van der Waals surface area contributed by atoms with Crippen molar-refractivity contribution in [2.75, 3.05) is 17.5 Å². The van der Waals surface area contributed by atoms with Gasteiger partial charge < -0.3 is 9.30 Å². The number of benzene rings is 3. The lowest BCUT2D eigenvalue weighted by molar-refractivity contribution is -0.119. The Hall–Kier alpha value is -4.37. The highest BCUT2D eigenvalue weighted by Crippen LogP contribution is 2.26. The molecule has 1 heterocycles. The maximum absolute atomic E-state index is 13.5. The van der Waals surface area contributed by atoms with Crippen LogP contribution in [0.15, 0.2) is 88.9 Å². The van der Waals surface area contributed by atoms with Crippen LogP contribution in [0.1, 0.15) is 35.0 Å². The fourth-order valence-corrected chi connectivity index (χ4v) is 5.87. The van der Waals surface area contributed by atoms with E-state index in [1.165, 1.54) is 23.3 Å². The van der Waals surface area contributed by atoms with Crippen molar-refractivity contribution in [3.63, 3.8) is 0 Å². The number of carbonyl (C=O) groups is 1. The molecule has 4 rings (SSSR count). The second-order valence-corrected chi connectivity index (χ2v) is 11.3. The summed E-state index contributed by atoms with van der Waals surface area (Å²) in [6, 6.07) is 22.9. The number of aryl methyl sites for hydroxylation is 3. The van der Waals surface area contributed by atoms with Gasteiger partial charge in [-0.25, -0.2) is 13.8 Å². The largest absolute Gasteiger partial charge is 0.494 e. The minimum atomic E-state index is -4.02. The Morgan fingerprint density at radius 2 is 1.65 bits per heavy atom. The highest BCUT2D eigenvalue weighted by Gasteiger charge is 2.27. The quantitative estimate of drug-likeness (QED) is 0.207. The average Bonchev–Trinajstić information content (AvgIpc) is 3.22. The van der Waals surface area contributed by atoms with E-state index in [2.05, 4.69) is 47.1 Å². The van der Waals surface area contributed by atoms with Crippen LogP contribution in [0.25, 0.3) is 5.69 Å². The van der Waals surface area contributed by atoms with E-state index < -0.39 is 22.5 Å². The summed E-state index contributed by atoms with van der Waals surface area (Å²) in [5.41, 5.74) is 9.16. The summed E-state index contributed by atoms with van der Waals surface area (Å²) < 4.78 is 35.7. The molecule has 0 spiro atoms. The van der Waals surface area contributed by atoms with Gasteiger partial charge in [0, 0.05) is 22.6 Å². The molecule has 4 aromatic rings. The summed E-state index contributed by atoms with van der Waals surface area (Å²) >= 11 is 0. The van der Waals surface area contributed by atoms with E-state index in [9.17, 15) is 13.2 Å². The molecule has 0 atom stereocenters. The third-order valence-corrected chi connectivity index (χ3v) is 8.45. The Morgan fingerprint density at radius 3 is 2.30 bits per heavy atom. The molecule has 1 amide bonds. The molecule has 40 heavy (non-hydrogen) atoms. The summed E-state index contributed by atoms with van der Waals surface area (Å²) in [4.78, 5) is 13.0. The van der Waals surface area contributed by atoms with Gasteiger partial charge in [0.25, 0.3) is 15.9 Å². The summed E-state index contributed by atoms with van der Waals surface area (Å²) in [6.45, 7) is 10.1. The Morgan fingerprint density at radius 1 is 0.950 bits per heavy atom. The van der Waals surface area contributed by atoms with Gasteiger partial charge in [-0.3, -0.25) is 9.10 Å². The first-order valence-electron chi connectivity index (χ1n) is 13.0. The molecular formula is C31H34N4O4S. The van der Waals surface area contributed by atoms with Gasteiger partial charge in [-0.2, -0.15) is 5.10 Å². The van der Waals surface area contributed by atoms with Gasteiger partial charge in [0.1, 0.15) is 12.3 Å². The lowest BCUT2D eigenvalue weighted by atomic mass is 10.1. The lowest BCUT2D eigenvalue weighted by Gasteiger charge is -2.24. The Balaban J connectivity index is 1.55. The van der Waals surface area contributed by atoms with Gasteiger partial charge in [-0.15, -0.1) is 0 Å². The molecule has 0 radical (unpaired) electrons. The number of sulfonamides is 1. The smallest absolute Gasteiger partial charge is 0.264 e. The number of nitrogens with zero attached hydrogens (tertiary/aromatic N) is 3. The lowest BCUT2D eigenvalue weighted by Crippen LogP contribution is -2.39. The van der Waals surface area contributed by atoms with Gasteiger partial charge in [-0.1, -0.05) is 24.3 Å². The van der Waals surface area contributed by atoms with Crippen molar-refractivity contribution in [2.24, 2.45) is 5.10 Å². The van der Waals surface area contributed by atoms with Crippen LogP contribution in [0, 0.1) is 27.7 Å². The molecule has 8 nitrogen and oxygen atoms in total. The van der Waals surface area contributed by atoms with E-state index in [4.69, 9.17) is 4.74 Å². The van der Waals surface area contributed by atoms with Crippen molar-refractivity contribution in [3.05, 3.63) is 107 Å². The number of amides is 1. The average molecular weight is 559 g/mol. The zero-order valence-electron chi connectivity index (χ0n) is 23.4. The van der Waals surface area contributed by atoms with E-state index in [1.54, 1.807) is 48.7 Å². The van der Waals surface area contributed by atoms with Crippen LogP contribution < -0.4 is 14.5 Å². The van der Waals surface area contributed by atoms with E-state index >= 15 is 0 Å². The monoisotopic (exact) mass is 558 g/mol. The SMILES string of the molecule is CCOc1ccc(N(CC(=O)N/N=C\c2cc(C)n(-c3ccc(C)c(C)c3)c2C)S(=O)(=O)c2ccccc2)cc1. The summed E-state index contributed by atoms with van der Waals surface area (Å²) in [5, 5.41) is 4.14. The fourth-order valence-electron chi connectivity index (χ4n) is 4.43. The minimum absolute atomic E-state index is 0.0824. The molecule has 208 valence electrons. The van der Waals surface area contributed by atoms with Crippen LogP contribution in [0.5, 0.6) is 5.75 Å². The molecule has 0 saturated carbocycles. The predicted octanol–water partition coefficient (Wildman–Crippen LogP) is 5.46. The van der Waals surface area contributed by atoms with Gasteiger partial charge in [0.15, 0.2) is 0 Å². The standard InChI is InChI=1S/C31H34N4O4S/c1-6-39-29-16-14-27(15-17-29)34(40(37,38)30-10-8-7-9-11-30)21-31(36)33-32-20-26-19-24(4)35(25(26)5)28-13-12-22(2)23(3)18-28/h7-20H,6,21H2,1-5H3,(H,33,36)/b32-20-. The maximum atomic E-state index is 13.5. The second-order valence-electron chi connectivity index (χ2n) is 9.48. The molecule has 0 aliphatic rings. The summed E-state index contributed by atoms with van der Waals surface area (Å²) in [5.74, 6) is 0.0309. The third kappa shape index (κ3) is 6.26. The number of nitrogens with one attached hydrogen (secondary N) is 1. The van der Waals surface area contributed by atoms with Crippen molar-refractivity contribution in [1.82, 2.24) is 9.99 Å². The number of anilines is 1. The van der Waals surface area contributed by atoms with Crippen molar-refractivity contribution in [2.45, 2.75) is 39.5 Å². The number of ether oxygens (including phenoxy) is 1. The van der Waals surface area contributed by atoms with E-state index in [0.29, 0.717) is 18.0 Å². The fraction of sp³-hybridized carbons (Fsp3) is 0.226. The Bertz CT molecular complexity index is 1630. The molecule has 0 unspecified atom stereocenters. The van der Waals surface area contributed by atoms with Crippen molar-refractivity contribution in [3.8, 4) is 11.4 Å². The molecule has 0 saturated heterocycles. The normalized spacial score (nSPS) is 11.5. The predicted molar refractivity (Wildman–Crippen MR) is 159 cm³/mol. The maximum Gasteiger partial charge on any atom is 0.264 e. The van der Waals surface area contributed by atoms with Crippen molar-refractivity contribution in [1.29, 1.82) is 0 Å². The number of rotatable bonds is 10. The van der Waals surface area contributed by atoms with Crippen molar-refractivity contribution >= 4 is 27.8 Å². The zero-order valence-corrected chi connectivity index (χ0v) is 24.2. The minimum Gasteiger partial charge on any atom is -0.494 e. The Labute approximate surface area is 236 Å². The first kappa shape index (κ1) is 28.6. The van der Waals surface area contributed by atoms with E-state index in [-0.39, 0.29) is 4.90 Å². The van der Waals surface area contributed by atoms with E-state index in [1.807, 2.05) is 26.8 Å². The third-order valence-electron chi connectivity index (χ3n) is 6.67. The number of carbonyl (C=O) groups excluding carboxylic acids is 1. The van der Waals surface area contributed by atoms with Crippen LogP contribution in [0.4, 0.5) is 5.69 Å². The number of hydrazone groups is 1. The summed E-state index contributed by atoms with van der Waals surface area (Å²) in [7, 11) is -4.02. The molecular weight excluding hydrogens is 524 g/mol. The molecule has 1 aromatic heterocycles. The van der Waals surface area contributed by atoms with Gasteiger partial charge in [0.2, 0.25) is 0 Å². The first-order valence-corrected chi connectivity index (χ1v) is 14.4. The molecule has 3 aromatic carbocycles. The van der Waals surface area contributed by atoms with Crippen LogP contribution in [-0.2, 0) is 14.8 Å². The summed E-state index contributed by atoms with van der Waals surface area (Å²) in [6.07, 6.45) is 1.57. The number of hydrogen-bond acceptors (Lipinski definition) is 5.